The summed E-state index contributed by atoms with van der Waals surface area (Å²) in [6.45, 7) is 1.91. The van der Waals surface area contributed by atoms with Gasteiger partial charge in [-0.3, -0.25) is 4.79 Å². The van der Waals surface area contributed by atoms with Crippen LogP contribution in [0.15, 0.2) is 54.6 Å². The van der Waals surface area contributed by atoms with Gasteiger partial charge in [0.15, 0.2) is 0 Å². The van der Waals surface area contributed by atoms with Crippen molar-refractivity contribution in [3.8, 4) is 5.75 Å². The zero-order valence-electron chi connectivity index (χ0n) is 12.2. The molecular weight excluding hydrogens is 280 g/mol. The molecule has 0 spiro atoms. The second-order valence-electron chi connectivity index (χ2n) is 4.64. The number of carbonyl (C=O) groups is 2. The summed E-state index contributed by atoms with van der Waals surface area (Å²) in [6, 6.07) is 14.0. The number of allylic oxidation sites excluding steroid dienone is 1. The molecule has 0 aliphatic rings. The van der Waals surface area contributed by atoms with Crippen LogP contribution < -0.4 is 4.74 Å². The minimum absolute atomic E-state index is 0.225. The lowest BCUT2D eigenvalue weighted by molar-refractivity contribution is -0.130. The number of carbonyl (C=O) groups excluding carboxylic acids is 1. The number of hydrogen-bond acceptors (Lipinski definition) is 3. The van der Waals surface area contributed by atoms with Crippen LogP contribution in [0.2, 0.25) is 0 Å². The number of carboxylic acids is 1. The minimum atomic E-state index is -0.974. The van der Waals surface area contributed by atoms with E-state index in [0.717, 1.165) is 11.8 Å². The van der Waals surface area contributed by atoms with Crippen molar-refractivity contribution in [2.75, 3.05) is 0 Å². The number of aliphatic carboxylic acids is 1. The Kier molecular flexibility index (Phi) is 5.09. The van der Waals surface area contributed by atoms with Crippen LogP contribution in [-0.2, 0) is 11.4 Å². The zero-order chi connectivity index (χ0) is 15.9. The largest absolute Gasteiger partial charge is 0.489 e. The van der Waals surface area contributed by atoms with E-state index in [0.29, 0.717) is 16.9 Å². The van der Waals surface area contributed by atoms with Gasteiger partial charge in [-0.1, -0.05) is 42.5 Å². The number of carboxylic acid groups (broad SMARTS) is 1. The number of aldehydes is 1. The summed E-state index contributed by atoms with van der Waals surface area (Å²) >= 11 is 0. The van der Waals surface area contributed by atoms with Crippen LogP contribution in [0.5, 0.6) is 5.75 Å². The van der Waals surface area contributed by atoms with E-state index < -0.39 is 5.97 Å². The Morgan fingerprint density at radius 3 is 2.64 bits per heavy atom. The highest BCUT2D eigenvalue weighted by Gasteiger charge is 2.13. The quantitative estimate of drug-likeness (QED) is 0.654. The van der Waals surface area contributed by atoms with Crippen LogP contribution in [0.3, 0.4) is 0 Å². The maximum atomic E-state index is 11.3. The highest BCUT2D eigenvalue weighted by molar-refractivity contribution is 6.15. The summed E-state index contributed by atoms with van der Waals surface area (Å²) in [5.41, 5.74) is 2.17. The van der Waals surface area contributed by atoms with Crippen LogP contribution in [0, 0.1) is 0 Å². The topological polar surface area (TPSA) is 63.6 Å². The van der Waals surface area contributed by atoms with E-state index in [-0.39, 0.29) is 12.2 Å². The van der Waals surface area contributed by atoms with E-state index in [9.17, 15) is 14.7 Å². The fourth-order valence-electron chi connectivity index (χ4n) is 2.14. The van der Waals surface area contributed by atoms with Gasteiger partial charge in [-0.05, 0) is 30.2 Å². The molecule has 0 radical (unpaired) electrons. The first-order chi connectivity index (χ1) is 10.7. The number of benzene rings is 2. The van der Waals surface area contributed by atoms with Crippen LogP contribution in [-0.4, -0.2) is 17.4 Å². The molecule has 112 valence electrons. The van der Waals surface area contributed by atoms with Crippen LogP contribution >= 0.6 is 0 Å². The fourth-order valence-corrected chi connectivity index (χ4v) is 2.14. The van der Waals surface area contributed by atoms with E-state index in [1.54, 1.807) is 49.4 Å². The van der Waals surface area contributed by atoms with E-state index >= 15 is 0 Å². The smallest absolute Gasteiger partial charge is 0.335 e. The van der Waals surface area contributed by atoms with E-state index in [2.05, 4.69) is 0 Å². The third kappa shape index (κ3) is 3.61. The molecule has 22 heavy (non-hydrogen) atoms. The highest BCUT2D eigenvalue weighted by Crippen LogP contribution is 2.22. The summed E-state index contributed by atoms with van der Waals surface area (Å²) < 4.78 is 5.67. The lowest BCUT2D eigenvalue weighted by Crippen LogP contribution is -2.05. The third-order valence-corrected chi connectivity index (χ3v) is 3.22. The molecule has 0 aliphatic carbocycles. The predicted molar refractivity (Wildman–Crippen MR) is 83.9 cm³/mol. The Morgan fingerprint density at radius 2 is 1.95 bits per heavy atom. The molecule has 0 heterocycles. The van der Waals surface area contributed by atoms with E-state index in [4.69, 9.17) is 4.74 Å². The van der Waals surface area contributed by atoms with Crippen molar-refractivity contribution in [1.82, 2.24) is 0 Å². The van der Waals surface area contributed by atoms with Gasteiger partial charge in [0, 0.05) is 5.56 Å². The van der Waals surface area contributed by atoms with Gasteiger partial charge < -0.3 is 9.84 Å². The number of ether oxygens (including phenoxy) is 1. The molecular formula is C18H16O4. The molecule has 2 aromatic rings. The average molecular weight is 296 g/mol. The Morgan fingerprint density at radius 1 is 1.18 bits per heavy atom. The van der Waals surface area contributed by atoms with Gasteiger partial charge in [-0.25, -0.2) is 4.79 Å². The van der Waals surface area contributed by atoms with Crippen LogP contribution in [0.1, 0.15) is 28.4 Å². The molecule has 0 saturated heterocycles. The first-order valence-electron chi connectivity index (χ1n) is 6.81. The van der Waals surface area contributed by atoms with Gasteiger partial charge in [0.1, 0.15) is 18.6 Å². The molecule has 1 N–H and O–H groups in total. The predicted octanol–water partition coefficient (Wildman–Crippen LogP) is 3.57. The lowest BCUT2D eigenvalue weighted by Gasteiger charge is -2.12. The van der Waals surface area contributed by atoms with Crippen molar-refractivity contribution in [1.29, 1.82) is 0 Å². The van der Waals surface area contributed by atoms with Gasteiger partial charge in [-0.15, -0.1) is 0 Å². The first kappa shape index (κ1) is 15.5. The molecule has 4 nitrogen and oxygen atoms in total. The van der Waals surface area contributed by atoms with Crippen molar-refractivity contribution in [2.45, 2.75) is 13.5 Å². The van der Waals surface area contributed by atoms with Gasteiger partial charge in [-0.2, -0.15) is 0 Å². The number of rotatable bonds is 6. The third-order valence-electron chi connectivity index (χ3n) is 3.22. The van der Waals surface area contributed by atoms with Crippen LogP contribution in [0.4, 0.5) is 0 Å². The monoisotopic (exact) mass is 296 g/mol. The normalized spacial score (nSPS) is 11.0. The molecule has 0 bridgehead atoms. The molecule has 0 aromatic heterocycles. The molecule has 0 aliphatic heterocycles. The summed E-state index contributed by atoms with van der Waals surface area (Å²) in [7, 11) is 0. The molecule has 0 atom stereocenters. The Balaban J connectivity index is 2.23. The lowest BCUT2D eigenvalue weighted by atomic mass is 10.00. The van der Waals surface area contributed by atoms with Gasteiger partial charge in [0.05, 0.1) is 5.57 Å². The molecule has 0 fully saturated rings. The van der Waals surface area contributed by atoms with E-state index in [1.807, 2.05) is 12.1 Å². The Labute approximate surface area is 128 Å². The van der Waals surface area contributed by atoms with Crippen molar-refractivity contribution < 1.29 is 19.4 Å². The van der Waals surface area contributed by atoms with Gasteiger partial charge >= 0.3 is 5.97 Å². The zero-order valence-corrected chi connectivity index (χ0v) is 12.2. The summed E-state index contributed by atoms with van der Waals surface area (Å²) in [5.74, 6) is -0.408. The van der Waals surface area contributed by atoms with Crippen molar-refractivity contribution >= 4 is 17.8 Å². The molecule has 0 unspecified atom stereocenters. The molecule has 2 aromatic carbocycles. The maximum Gasteiger partial charge on any atom is 0.335 e. The molecule has 4 heteroatoms. The summed E-state index contributed by atoms with van der Waals surface area (Å²) in [6.07, 6.45) is 2.32. The molecule has 2 rings (SSSR count). The maximum absolute atomic E-state index is 11.3. The fraction of sp³-hybridized carbons (Fsp3) is 0.111. The van der Waals surface area contributed by atoms with Crippen molar-refractivity contribution in [3.05, 3.63) is 71.3 Å². The standard InChI is InChI=1S/C18H16O4/c1-2-16(18(20)21)17-9-4-3-7-14(17)12-22-15-8-5-6-13(10-15)11-19/h2-11H,12H2,1H3,(H,20,21). The highest BCUT2D eigenvalue weighted by atomic mass is 16.5. The molecule has 0 saturated carbocycles. The first-order valence-corrected chi connectivity index (χ1v) is 6.81. The van der Waals surface area contributed by atoms with E-state index in [1.165, 1.54) is 0 Å². The average Bonchev–Trinajstić information content (AvgIpc) is 2.54. The Bertz CT molecular complexity index is 717. The summed E-state index contributed by atoms with van der Waals surface area (Å²) in [4.78, 5) is 22.1. The number of hydrogen-bond donors (Lipinski definition) is 1. The second-order valence-corrected chi connectivity index (χ2v) is 4.64. The van der Waals surface area contributed by atoms with Gasteiger partial charge in [0.2, 0.25) is 0 Å². The summed E-state index contributed by atoms with van der Waals surface area (Å²) in [5, 5.41) is 9.26. The van der Waals surface area contributed by atoms with Crippen LogP contribution in [0.25, 0.3) is 5.57 Å². The minimum Gasteiger partial charge on any atom is -0.489 e. The Hall–Kier alpha value is -2.88. The molecule has 0 amide bonds. The second kappa shape index (κ2) is 7.22. The van der Waals surface area contributed by atoms with Gasteiger partial charge in [0.25, 0.3) is 0 Å². The van der Waals surface area contributed by atoms with Crippen molar-refractivity contribution in [2.24, 2.45) is 0 Å². The van der Waals surface area contributed by atoms with Crippen molar-refractivity contribution in [3.63, 3.8) is 0 Å². The SMILES string of the molecule is CC=C(C(=O)O)c1ccccc1COc1cccc(C=O)c1.